The number of carbonyl (C=O) groups is 1. The molecular weight excluding hydrogens is 436 g/mol. The van der Waals surface area contributed by atoms with Gasteiger partial charge in [0.1, 0.15) is 11.5 Å². The number of esters is 1. The third-order valence-corrected chi connectivity index (χ3v) is 6.00. The van der Waals surface area contributed by atoms with Gasteiger partial charge in [-0.25, -0.2) is 4.79 Å². The minimum atomic E-state index is -0.381. The van der Waals surface area contributed by atoms with Gasteiger partial charge in [0.25, 0.3) is 0 Å². The Kier molecular flexibility index (Phi) is 10.8. The quantitative estimate of drug-likeness (QED) is 0.134. The van der Waals surface area contributed by atoms with Crippen LogP contribution in [-0.4, -0.2) is 19.2 Å². The van der Waals surface area contributed by atoms with E-state index in [1.54, 1.807) is 12.1 Å². The first-order valence-electron chi connectivity index (χ1n) is 12.9. The Morgan fingerprint density at radius 2 is 1.29 bits per heavy atom. The zero-order chi connectivity index (χ0) is 24.9. The number of hydrogen-bond acceptors (Lipinski definition) is 4. The molecule has 4 nitrogen and oxygen atoms in total. The summed E-state index contributed by atoms with van der Waals surface area (Å²) in [5.74, 6) is 0.911. The maximum atomic E-state index is 12.5. The number of unbranched alkanes of at least 4 members (excludes halogenated alkanes) is 4. The summed E-state index contributed by atoms with van der Waals surface area (Å²) in [6.45, 7) is 7.93. The molecule has 0 N–H and O–H groups in total. The van der Waals surface area contributed by atoms with Crippen LogP contribution in [0.25, 0.3) is 11.1 Å². The van der Waals surface area contributed by atoms with Crippen molar-refractivity contribution in [2.75, 3.05) is 13.2 Å². The number of rotatable bonds is 14. The van der Waals surface area contributed by atoms with Crippen LogP contribution >= 0.6 is 0 Å². The van der Waals surface area contributed by atoms with Crippen LogP contribution in [0.2, 0.25) is 0 Å². The first-order valence-corrected chi connectivity index (χ1v) is 12.9. The second kappa shape index (κ2) is 14.3. The van der Waals surface area contributed by atoms with E-state index in [1.165, 1.54) is 24.8 Å². The lowest BCUT2D eigenvalue weighted by molar-refractivity contribution is 0.0637. The summed E-state index contributed by atoms with van der Waals surface area (Å²) in [6.07, 6.45) is 6.97. The Labute approximate surface area is 210 Å². The van der Waals surface area contributed by atoms with Gasteiger partial charge in [-0.05, 0) is 72.9 Å². The van der Waals surface area contributed by atoms with E-state index in [1.807, 2.05) is 36.4 Å². The average Bonchev–Trinajstić information content (AvgIpc) is 2.89. The van der Waals surface area contributed by atoms with Crippen molar-refractivity contribution in [2.45, 2.75) is 65.4 Å². The molecule has 0 aliphatic carbocycles. The zero-order valence-corrected chi connectivity index (χ0v) is 21.3. The Hall–Kier alpha value is -3.11. The molecule has 3 aromatic carbocycles. The molecule has 0 saturated carbocycles. The fourth-order valence-electron chi connectivity index (χ4n) is 3.73. The molecule has 0 aromatic heterocycles. The normalized spacial score (nSPS) is 11.7. The lowest BCUT2D eigenvalue weighted by atomic mass is 10.0. The molecule has 0 amide bonds. The number of ether oxygens (including phenoxy) is 3. The Morgan fingerprint density at radius 1 is 0.686 bits per heavy atom. The van der Waals surface area contributed by atoms with Gasteiger partial charge >= 0.3 is 5.97 Å². The van der Waals surface area contributed by atoms with Crippen LogP contribution in [0.3, 0.4) is 0 Å². The minimum Gasteiger partial charge on any atom is -0.494 e. The van der Waals surface area contributed by atoms with Crippen LogP contribution in [0.15, 0.2) is 72.8 Å². The average molecular weight is 475 g/mol. The molecule has 0 fully saturated rings. The smallest absolute Gasteiger partial charge is 0.343 e. The Bertz CT molecular complexity index is 1010. The van der Waals surface area contributed by atoms with Gasteiger partial charge in [-0.15, -0.1) is 0 Å². The first-order chi connectivity index (χ1) is 17.1. The maximum absolute atomic E-state index is 12.5. The fraction of sp³-hybridized carbons (Fsp3) is 0.387. The minimum absolute atomic E-state index is 0.0869. The van der Waals surface area contributed by atoms with Gasteiger partial charge in [0.2, 0.25) is 0 Å². The molecule has 3 rings (SSSR count). The number of carbonyl (C=O) groups excluding carboxylic acids is 1. The highest BCUT2D eigenvalue weighted by Gasteiger charge is 2.10. The molecule has 0 heterocycles. The largest absolute Gasteiger partial charge is 0.494 e. The molecule has 0 aliphatic rings. The lowest BCUT2D eigenvalue weighted by Crippen LogP contribution is -2.08. The molecule has 0 radical (unpaired) electrons. The molecule has 0 aliphatic heterocycles. The molecule has 0 bridgehead atoms. The molecule has 0 saturated heterocycles. The summed E-state index contributed by atoms with van der Waals surface area (Å²) in [7, 11) is 0. The van der Waals surface area contributed by atoms with Gasteiger partial charge in [0.05, 0.1) is 18.3 Å². The van der Waals surface area contributed by atoms with Crippen molar-refractivity contribution in [3.05, 3.63) is 83.9 Å². The van der Waals surface area contributed by atoms with E-state index in [9.17, 15) is 4.79 Å². The second-order valence-electron chi connectivity index (χ2n) is 8.84. The third-order valence-electron chi connectivity index (χ3n) is 6.00. The van der Waals surface area contributed by atoms with Crippen LogP contribution in [0.5, 0.6) is 11.5 Å². The summed E-state index contributed by atoms with van der Waals surface area (Å²) in [6, 6.07) is 23.1. The van der Waals surface area contributed by atoms with Gasteiger partial charge in [0, 0.05) is 6.61 Å². The molecule has 1 atom stereocenters. The van der Waals surface area contributed by atoms with Gasteiger partial charge < -0.3 is 14.2 Å². The van der Waals surface area contributed by atoms with Crippen LogP contribution < -0.4 is 9.47 Å². The van der Waals surface area contributed by atoms with Crippen molar-refractivity contribution in [2.24, 2.45) is 0 Å². The van der Waals surface area contributed by atoms with Crippen LogP contribution in [-0.2, 0) is 4.74 Å². The first kappa shape index (κ1) is 26.5. The van der Waals surface area contributed by atoms with E-state index in [4.69, 9.17) is 14.2 Å². The highest BCUT2D eigenvalue weighted by Crippen LogP contribution is 2.26. The van der Waals surface area contributed by atoms with Crippen LogP contribution in [0.4, 0.5) is 0 Å². The lowest BCUT2D eigenvalue weighted by Gasteiger charge is -2.14. The fourth-order valence-corrected chi connectivity index (χ4v) is 3.73. The summed E-state index contributed by atoms with van der Waals surface area (Å²) < 4.78 is 17.2. The predicted octanol–water partition coefficient (Wildman–Crippen LogP) is 8.41. The van der Waals surface area contributed by atoms with E-state index in [0.717, 1.165) is 42.7 Å². The van der Waals surface area contributed by atoms with Gasteiger partial charge in [-0.3, -0.25) is 0 Å². The monoisotopic (exact) mass is 474 g/mol. The van der Waals surface area contributed by atoms with E-state index in [0.29, 0.717) is 17.9 Å². The molecule has 186 valence electrons. The highest BCUT2D eigenvalue weighted by molar-refractivity contribution is 5.91. The highest BCUT2D eigenvalue weighted by atomic mass is 16.5. The predicted molar refractivity (Wildman–Crippen MR) is 142 cm³/mol. The van der Waals surface area contributed by atoms with Crippen molar-refractivity contribution in [1.29, 1.82) is 0 Å². The molecule has 0 spiro atoms. The van der Waals surface area contributed by atoms with E-state index >= 15 is 0 Å². The topological polar surface area (TPSA) is 44.8 Å². The summed E-state index contributed by atoms with van der Waals surface area (Å²) in [5, 5.41) is 0. The van der Waals surface area contributed by atoms with Gasteiger partial charge in [-0.1, -0.05) is 75.9 Å². The van der Waals surface area contributed by atoms with Gasteiger partial charge in [0.15, 0.2) is 0 Å². The Balaban J connectivity index is 1.51. The van der Waals surface area contributed by atoms with Gasteiger partial charge in [-0.2, -0.15) is 0 Å². The van der Waals surface area contributed by atoms with Crippen molar-refractivity contribution in [3.63, 3.8) is 0 Å². The standard InChI is InChI=1S/C31H38O4/c1-4-6-8-9-23-34-29-18-16-28(17-19-29)31(32)35-30-20-14-27(15-21-30)26-12-10-25(11-13-26)24(3)33-22-7-5-2/h10-21,24H,4-9,22-23H2,1-3H3. The van der Waals surface area contributed by atoms with Crippen molar-refractivity contribution in [3.8, 4) is 22.6 Å². The summed E-state index contributed by atoms with van der Waals surface area (Å²) in [4.78, 5) is 12.5. The molecule has 4 heteroatoms. The van der Waals surface area contributed by atoms with E-state index < -0.39 is 0 Å². The molecular formula is C31H38O4. The van der Waals surface area contributed by atoms with Crippen LogP contribution in [0, 0.1) is 0 Å². The Morgan fingerprint density at radius 3 is 1.91 bits per heavy atom. The SMILES string of the molecule is CCCCCCOc1ccc(C(=O)Oc2ccc(-c3ccc(C(C)OCCCC)cc3)cc2)cc1. The van der Waals surface area contributed by atoms with Crippen LogP contribution in [0.1, 0.15) is 81.3 Å². The van der Waals surface area contributed by atoms with E-state index in [2.05, 4.69) is 45.0 Å². The van der Waals surface area contributed by atoms with Crippen molar-refractivity contribution < 1.29 is 19.0 Å². The third kappa shape index (κ3) is 8.56. The molecule has 3 aromatic rings. The summed E-state index contributed by atoms with van der Waals surface area (Å²) >= 11 is 0. The summed E-state index contributed by atoms with van der Waals surface area (Å²) in [5.41, 5.74) is 3.84. The number of hydrogen-bond donors (Lipinski definition) is 0. The van der Waals surface area contributed by atoms with Crippen molar-refractivity contribution in [1.82, 2.24) is 0 Å². The maximum Gasteiger partial charge on any atom is 0.343 e. The zero-order valence-electron chi connectivity index (χ0n) is 21.3. The van der Waals surface area contributed by atoms with E-state index in [-0.39, 0.29) is 12.1 Å². The molecule has 35 heavy (non-hydrogen) atoms. The van der Waals surface area contributed by atoms with Crippen molar-refractivity contribution >= 4 is 5.97 Å². The molecule has 1 unspecified atom stereocenters. The second-order valence-corrected chi connectivity index (χ2v) is 8.84. The number of benzene rings is 3.